The van der Waals surface area contributed by atoms with Crippen molar-refractivity contribution >= 4 is 5.69 Å². The van der Waals surface area contributed by atoms with Crippen LogP contribution < -0.4 is 11.5 Å². The number of hydrogen-bond acceptors (Lipinski definition) is 2. The minimum absolute atomic E-state index is 0.350. The standard InChI is InChI=1S/C13H17F3N2/c14-13(15,16)8-12(18)5-3-9-1-2-11(17)7-10(9)4-6-12/h1-2,7H,3-6,8,17-18H2. The second-order valence-electron chi connectivity index (χ2n) is 5.18. The van der Waals surface area contributed by atoms with E-state index in [9.17, 15) is 13.2 Å². The number of fused-ring (bicyclic) bond motifs is 1. The van der Waals surface area contributed by atoms with Gasteiger partial charge in [0.25, 0.3) is 0 Å². The van der Waals surface area contributed by atoms with Crippen LogP contribution in [0, 0.1) is 0 Å². The van der Waals surface area contributed by atoms with Gasteiger partial charge in [-0.1, -0.05) is 6.07 Å². The molecule has 18 heavy (non-hydrogen) atoms. The maximum absolute atomic E-state index is 12.5. The van der Waals surface area contributed by atoms with Crippen molar-refractivity contribution in [3.63, 3.8) is 0 Å². The van der Waals surface area contributed by atoms with Gasteiger partial charge in [-0.15, -0.1) is 0 Å². The van der Waals surface area contributed by atoms with Crippen LogP contribution in [0.5, 0.6) is 0 Å². The number of alkyl halides is 3. The van der Waals surface area contributed by atoms with Gasteiger partial charge in [-0.05, 0) is 48.9 Å². The third kappa shape index (κ3) is 3.16. The van der Waals surface area contributed by atoms with Crippen LogP contribution in [0.2, 0.25) is 0 Å². The van der Waals surface area contributed by atoms with Crippen LogP contribution in [-0.2, 0) is 12.8 Å². The Bertz CT molecular complexity index is 442. The molecule has 1 aromatic carbocycles. The normalized spacial score (nSPS) is 24.4. The molecule has 1 atom stereocenters. The molecule has 5 heteroatoms. The molecule has 0 heterocycles. The number of benzene rings is 1. The molecule has 0 bridgehead atoms. The zero-order valence-electron chi connectivity index (χ0n) is 10.1. The van der Waals surface area contributed by atoms with Crippen molar-refractivity contribution in [3.05, 3.63) is 29.3 Å². The summed E-state index contributed by atoms with van der Waals surface area (Å²) in [5.74, 6) is 0. The van der Waals surface area contributed by atoms with Crippen molar-refractivity contribution < 1.29 is 13.2 Å². The number of anilines is 1. The van der Waals surface area contributed by atoms with Crippen molar-refractivity contribution in [2.75, 3.05) is 5.73 Å². The smallest absolute Gasteiger partial charge is 0.390 e. The summed E-state index contributed by atoms with van der Waals surface area (Å²) in [6, 6.07) is 5.52. The predicted octanol–water partition coefficient (Wildman–Crippen LogP) is 2.80. The fraction of sp³-hybridized carbons (Fsp3) is 0.538. The summed E-state index contributed by atoms with van der Waals surface area (Å²) in [4.78, 5) is 0. The first-order valence-corrected chi connectivity index (χ1v) is 6.00. The number of nitrogens with two attached hydrogens (primary N) is 2. The molecule has 0 fully saturated rings. The van der Waals surface area contributed by atoms with Gasteiger partial charge in [0, 0.05) is 11.2 Å². The van der Waals surface area contributed by atoms with Gasteiger partial charge >= 0.3 is 6.18 Å². The molecule has 2 rings (SSSR count). The molecule has 0 radical (unpaired) electrons. The Morgan fingerprint density at radius 3 is 2.33 bits per heavy atom. The minimum Gasteiger partial charge on any atom is -0.399 e. The van der Waals surface area contributed by atoms with E-state index in [4.69, 9.17) is 11.5 Å². The molecule has 1 aliphatic carbocycles. The summed E-state index contributed by atoms with van der Waals surface area (Å²) in [5, 5.41) is 0. The first-order chi connectivity index (χ1) is 8.27. The van der Waals surface area contributed by atoms with E-state index in [1.165, 1.54) is 0 Å². The molecular weight excluding hydrogens is 241 g/mol. The fourth-order valence-corrected chi connectivity index (χ4v) is 2.59. The SMILES string of the molecule is Nc1ccc2c(c1)CCC(N)(CC(F)(F)F)CC2. The number of hydrogen-bond donors (Lipinski definition) is 2. The summed E-state index contributed by atoms with van der Waals surface area (Å²) in [7, 11) is 0. The highest BCUT2D eigenvalue weighted by atomic mass is 19.4. The monoisotopic (exact) mass is 258 g/mol. The van der Waals surface area contributed by atoms with E-state index in [1.54, 1.807) is 6.07 Å². The van der Waals surface area contributed by atoms with Gasteiger partial charge in [0.05, 0.1) is 6.42 Å². The summed E-state index contributed by atoms with van der Waals surface area (Å²) in [5.41, 5.74) is 13.2. The number of nitrogen functional groups attached to an aromatic ring is 1. The molecular formula is C13H17F3N2. The molecule has 2 nitrogen and oxygen atoms in total. The summed E-state index contributed by atoms with van der Waals surface area (Å²) < 4.78 is 37.5. The van der Waals surface area contributed by atoms with Crippen LogP contribution in [0.1, 0.15) is 30.4 Å². The lowest BCUT2D eigenvalue weighted by atomic mass is 9.87. The average molecular weight is 258 g/mol. The van der Waals surface area contributed by atoms with E-state index >= 15 is 0 Å². The van der Waals surface area contributed by atoms with Crippen LogP contribution >= 0.6 is 0 Å². The number of rotatable bonds is 1. The van der Waals surface area contributed by atoms with E-state index in [1.807, 2.05) is 12.1 Å². The van der Waals surface area contributed by atoms with E-state index in [0.717, 1.165) is 11.1 Å². The third-order valence-electron chi connectivity index (χ3n) is 3.57. The second-order valence-corrected chi connectivity index (χ2v) is 5.18. The highest BCUT2D eigenvalue weighted by Gasteiger charge is 2.40. The van der Waals surface area contributed by atoms with Crippen molar-refractivity contribution in [2.24, 2.45) is 5.73 Å². The molecule has 0 saturated heterocycles. The van der Waals surface area contributed by atoms with Gasteiger partial charge in [0.1, 0.15) is 0 Å². The summed E-state index contributed by atoms with van der Waals surface area (Å²) in [6.45, 7) is 0. The second kappa shape index (κ2) is 4.46. The molecule has 0 spiro atoms. The predicted molar refractivity (Wildman–Crippen MR) is 65.1 cm³/mol. The zero-order chi connectivity index (χ0) is 13.4. The van der Waals surface area contributed by atoms with Gasteiger partial charge in [0.15, 0.2) is 0 Å². The first-order valence-electron chi connectivity index (χ1n) is 6.00. The van der Waals surface area contributed by atoms with Crippen LogP contribution in [0.3, 0.4) is 0 Å². The Morgan fingerprint density at radius 2 is 1.72 bits per heavy atom. The summed E-state index contributed by atoms with van der Waals surface area (Å²) in [6.07, 6.45) is -3.25. The fourth-order valence-electron chi connectivity index (χ4n) is 2.59. The molecule has 0 aromatic heterocycles. The lowest BCUT2D eigenvalue weighted by Gasteiger charge is -2.28. The quantitative estimate of drug-likeness (QED) is 0.601. The average Bonchev–Trinajstić information content (AvgIpc) is 2.36. The van der Waals surface area contributed by atoms with Crippen LogP contribution in [-0.4, -0.2) is 11.7 Å². The molecule has 1 aliphatic rings. The Kier molecular flexibility index (Phi) is 3.27. The van der Waals surface area contributed by atoms with Gasteiger partial charge in [-0.25, -0.2) is 0 Å². The maximum Gasteiger partial charge on any atom is 0.390 e. The minimum atomic E-state index is -4.20. The molecule has 1 unspecified atom stereocenters. The zero-order valence-corrected chi connectivity index (χ0v) is 10.1. The van der Waals surface area contributed by atoms with Gasteiger partial charge in [0.2, 0.25) is 0 Å². The molecule has 1 aromatic rings. The Hall–Kier alpha value is -1.23. The van der Waals surface area contributed by atoms with Gasteiger partial charge < -0.3 is 11.5 Å². The topological polar surface area (TPSA) is 52.0 Å². The van der Waals surface area contributed by atoms with Crippen LogP contribution in [0.15, 0.2) is 18.2 Å². The van der Waals surface area contributed by atoms with E-state index in [2.05, 4.69) is 0 Å². The van der Waals surface area contributed by atoms with Crippen molar-refractivity contribution in [1.82, 2.24) is 0 Å². The van der Waals surface area contributed by atoms with Crippen molar-refractivity contribution in [2.45, 2.75) is 43.8 Å². The van der Waals surface area contributed by atoms with E-state index in [0.29, 0.717) is 31.4 Å². The molecule has 4 N–H and O–H groups in total. The molecule has 100 valence electrons. The lowest BCUT2D eigenvalue weighted by molar-refractivity contribution is -0.148. The third-order valence-corrected chi connectivity index (χ3v) is 3.57. The van der Waals surface area contributed by atoms with Gasteiger partial charge in [-0.3, -0.25) is 0 Å². The number of aryl methyl sites for hydroxylation is 2. The Balaban J connectivity index is 2.16. The maximum atomic E-state index is 12.5. The lowest BCUT2D eigenvalue weighted by Crippen LogP contribution is -2.44. The first kappa shape index (κ1) is 13.2. The highest BCUT2D eigenvalue weighted by molar-refractivity contribution is 5.45. The molecule has 0 amide bonds. The molecule has 0 saturated carbocycles. The number of halogens is 3. The highest BCUT2D eigenvalue weighted by Crippen LogP contribution is 2.35. The van der Waals surface area contributed by atoms with E-state index in [-0.39, 0.29) is 0 Å². The van der Waals surface area contributed by atoms with Crippen molar-refractivity contribution in [3.8, 4) is 0 Å². The summed E-state index contributed by atoms with van der Waals surface area (Å²) >= 11 is 0. The van der Waals surface area contributed by atoms with Crippen LogP contribution in [0.4, 0.5) is 18.9 Å². The molecule has 0 aliphatic heterocycles. The Morgan fingerprint density at radius 1 is 1.11 bits per heavy atom. The van der Waals surface area contributed by atoms with E-state index < -0.39 is 18.1 Å². The van der Waals surface area contributed by atoms with Crippen LogP contribution in [0.25, 0.3) is 0 Å². The largest absolute Gasteiger partial charge is 0.399 e. The van der Waals surface area contributed by atoms with Gasteiger partial charge in [-0.2, -0.15) is 13.2 Å². The Labute approximate surface area is 104 Å². The van der Waals surface area contributed by atoms with Crippen molar-refractivity contribution in [1.29, 1.82) is 0 Å².